The Morgan fingerprint density at radius 2 is 1.10 bits per heavy atom. The third-order valence-corrected chi connectivity index (χ3v) is 9.76. The maximum atomic E-state index is 12.7. The molecule has 284 valence electrons. The second-order valence-corrected chi connectivity index (χ2v) is 14.9. The second-order valence-electron chi connectivity index (χ2n) is 13.5. The highest BCUT2D eigenvalue weighted by Gasteiger charge is 2.26. The first-order valence-electron chi connectivity index (χ1n) is 20.0. The van der Waals surface area contributed by atoms with E-state index in [2.05, 4.69) is 31.3 Å². The van der Waals surface area contributed by atoms with Crippen molar-refractivity contribution in [2.45, 2.75) is 199 Å². The molecule has 0 heterocycles. The van der Waals surface area contributed by atoms with Gasteiger partial charge in [0.1, 0.15) is 0 Å². The van der Waals surface area contributed by atoms with Crippen molar-refractivity contribution in [3.05, 3.63) is 24.3 Å². The fourth-order valence-electron chi connectivity index (χ4n) is 5.74. The Kier molecular flexibility index (Phi) is 35.0. The third kappa shape index (κ3) is 33.5. The molecular formula is C39H77N2O6P. The average molecular weight is 701 g/mol. The maximum absolute atomic E-state index is 12.7. The van der Waals surface area contributed by atoms with E-state index in [9.17, 15) is 19.4 Å². The highest BCUT2D eigenvalue weighted by Crippen LogP contribution is 2.43. The molecule has 0 bridgehead atoms. The van der Waals surface area contributed by atoms with Crippen molar-refractivity contribution < 1.29 is 28.4 Å². The van der Waals surface area contributed by atoms with Crippen molar-refractivity contribution in [3.8, 4) is 0 Å². The van der Waals surface area contributed by atoms with Crippen LogP contribution < -0.4 is 11.1 Å². The topological polar surface area (TPSA) is 131 Å². The van der Waals surface area contributed by atoms with Crippen LogP contribution in [0.3, 0.4) is 0 Å². The number of aliphatic hydroxyl groups excluding tert-OH is 1. The van der Waals surface area contributed by atoms with Gasteiger partial charge in [0.2, 0.25) is 5.91 Å². The summed E-state index contributed by atoms with van der Waals surface area (Å²) >= 11 is 0. The van der Waals surface area contributed by atoms with E-state index in [1.807, 2.05) is 6.08 Å². The summed E-state index contributed by atoms with van der Waals surface area (Å²) in [6.45, 7) is 4.10. The van der Waals surface area contributed by atoms with Gasteiger partial charge in [0.25, 0.3) is 0 Å². The van der Waals surface area contributed by atoms with E-state index in [1.165, 1.54) is 128 Å². The highest BCUT2D eigenvalue weighted by molar-refractivity contribution is 7.47. The van der Waals surface area contributed by atoms with Gasteiger partial charge in [0.15, 0.2) is 0 Å². The fourth-order valence-corrected chi connectivity index (χ4v) is 6.49. The third-order valence-electron chi connectivity index (χ3n) is 8.78. The number of unbranched alkanes of at least 4 members (excludes halogenated alkanes) is 23. The van der Waals surface area contributed by atoms with Crippen LogP contribution in [0.5, 0.6) is 0 Å². The first kappa shape index (κ1) is 47.0. The predicted molar refractivity (Wildman–Crippen MR) is 203 cm³/mol. The molecule has 3 unspecified atom stereocenters. The smallest absolute Gasteiger partial charge is 0.387 e. The van der Waals surface area contributed by atoms with Crippen LogP contribution in [0.2, 0.25) is 0 Å². The first-order chi connectivity index (χ1) is 23.4. The van der Waals surface area contributed by atoms with E-state index in [-0.39, 0.29) is 25.7 Å². The van der Waals surface area contributed by atoms with Crippen LogP contribution in [0.4, 0.5) is 0 Å². The Labute approximate surface area is 296 Å². The van der Waals surface area contributed by atoms with E-state index >= 15 is 0 Å². The monoisotopic (exact) mass is 701 g/mol. The van der Waals surface area contributed by atoms with Crippen molar-refractivity contribution in [1.82, 2.24) is 5.32 Å². The summed E-state index contributed by atoms with van der Waals surface area (Å²) in [5.41, 5.74) is 5.36. The normalized spacial score (nSPS) is 14.5. The summed E-state index contributed by atoms with van der Waals surface area (Å²) in [5, 5.41) is 13.6. The van der Waals surface area contributed by atoms with E-state index < -0.39 is 20.0 Å². The van der Waals surface area contributed by atoms with Gasteiger partial charge in [0, 0.05) is 13.0 Å². The predicted octanol–water partition coefficient (Wildman–Crippen LogP) is 10.6. The Hall–Kier alpha value is -1.02. The van der Waals surface area contributed by atoms with Crippen molar-refractivity contribution in [2.24, 2.45) is 5.73 Å². The molecule has 3 atom stereocenters. The van der Waals surface area contributed by atoms with Crippen molar-refractivity contribution in [2.75, 3.05) is 19.8 Å². The molecule has 0 radical (unpaired) electrons. The number of phosphoric acid groups is 1. The zero-order valence-corrected chi connectivity index (χ0v) is 32.1. The number of hydrogen-bond donors (Lipinski definition) is 4. The second kappa shape index (κ2) is 35.8. The van der Waals surface area contributed by atoms with Gasteiger partial charge in [0.05, 0.1) is 25.4 Å². The molecule has 0 aliphatic carbocycles. The molecule has 0 saturated heterocycles. The zero-order chi connectivity index (χ0) is 35.4. The summed E-state index contributed by atoms with van der Waals surface area (Å²) in [6.07, 6.45) is 39.4. The molecule has 0 aromatic rings. The summed E-state index contributed by atoms with van der Waals surface area (Å²) < 4.78 is 22.0. The zero-order valence-electron chi connectivity index (χ0n) is 31.2. The van der Waals surface area contributed by atoms with Gasteiger partial charge in [-0.05, 0) is 32.1 Å². The average Bonchev–Trinajstić information content (AvgIpc) is 3.07. The molecule has 0 aliphatic heterocycles. The lowest BCUT2D eigenvalue weighted by molar-refractivity contribution is -0.123. The lowest BCUT2D eigenvalue weighted by Crippen LogP contribution is -2.45. The minimum Gasteiger partial charge on any atom is -0.387 e. The largest absolute Gasteiger partial charge is 0.472 e. The molecule has 5 N–H and O–H groups in total. The Balaban J connectivity index is 4.32. The molecule has 0 fully saturated rings. The molecular weight excluding hydrogens is 623 g/mol. The number of amides is 1. The number of carbonyl (C=O) groups excluding carboxylic acids is 1. The number of hydrogen-bond acceptors (Lipinski definition) is 6. The molecule has 9 heteroatoms. The molecule has 0 rings (SSSR count). The van der Waals surface area contributed by atoms with Gasteiger partial charge >= 0.3 is 7.82 Å². The Morgan fingerprint density at radius 3 is 1.60 bits per heavy atom. The van der Waals surface area contributed by atoms with Gasteiger partial charge in [-0.25, -0.2) is 4.57 Å². The minimum absolute atomic E-state index is 0.0756. The van der Waals surface area contributed by atoms with Crippen LogP contribution in [-0.2, 0) is 18.4 Å². The van der Waals surface area contributed by atoms with E-state index in [1.54, 1.807) is 6.08 Å². The number of nitrogens with two attached hydrogens (primary N) is 1. The molecule has 0 aromatic carbocycles. The quantitative estimate of drug-likeness (QED) is 0.0288. The van der Waals surface area contributed by atoms with Gasteiger partial charge in [-0.15, -0.1) is 0 Å². The lowest BCUT2D eigenvalue weighted by atomic mass is 10.0. The molecule has 0 spiro atoms. The standard InChI is InChI=1S/C39H77N2O6P/c1-3-5-7-9-11-13-15-17-18-19-20-21-22-24-26-28-30-32-38(42)37(36-47-48(44,45)46-35-34-40)41-39(43)33-31-29-27-25-23-16-14-12-10-8-6-4-2/h22,24,30,32,37-38,42H,3-21,23,25-29,31,33-36,40H2,1-2H3,(H,41,43)(H,44,45)/b24-22+,32-30+. The lowest BCUT2D eigenvalue weighted by Gasteiger charge is -2.23. The van der Waals surface area contributed by atoms with Crippen LogP contribution in [-0.4, -0.2) is 47.8 Å². The Morgan fingerprint density at radius 1 is 0.667 bits per heavy atom. The highest BCUT2D eigenvalue weighted by atomic mass is 31.2. The van der Waals surface area contributed by atoms with Crippen molar-refractivity contribution in [3.63, 3.8) is 0 Å². The van der Waals surface area contributed by atoms with E-state index in [4.69, 9.17) is 14.8 Å². The molecule has 0 aliphatic rings. The Bertz CT molecular complexity index is 809. The van der Waals surface area contributed by atoms with Crippen molar-refractivity contribution in [1.29, 1.82) is 0 Å². The van der Waals surface area contributed by atoms with Gasteiger partial charge in [-0.2, -0.15) is 0 Å². The van der Waals surface area contributed by atoms with E-state index in [0.717, 1.165) is 38.5 Å². The minimum atomic E-state index is -4.34. The van der Waals surface area contributed by atoms with Crippen LogP contribution >= 0.6 is 7.82 Å². The van der Waals surface area contributed by atoms with Crippen LogP contribution in [0.1, 0.15) is 187 Å². The number of nitrogens with one attached hydrogen (secondary N) is 1. The molecule has 1 amide bonds. The van der Waals surface area contributed by atoms with Gasteiger partial charge in [-0.1, -0.05) is 173 Å². The SMILES string of the molecule is CCCCCCCCCCCCC/C=C/CC/C=C/C(O)C(COP(=O)(O)OCCN)NC(=O)CCCCCCCCCCCCCC. The first-order valence-corrected chi connectivity index (χ1v) is 21.5. The summed E-state index contributed by atoms with van der Waals surface area (Å²) in [5.74, 6) is -0.205. The van der Waals surface area contributed by atoms with Gasteiger partial charge in [-0.3, -0.25) is 13.8 Å². The van der Waals surface area contributed by atoms with Gasteiger partial charge < -0.3 is 21.1 Å². The number of carbonyl (C=O) groups is 1. The van der Waals surface area contributed by atoms with Crippen LogP contribution in [0.25, 0.3) is 0 Å². The summed E-state index contributed by atoms with van der Waals surface area (Å²) in [7, 11) is -4.34. The number of allylic oxidation sites excluding steroid dienone is 3. The van der Waals surface area contributed by atoms with Crippen LogP contribution in [0, 0.1) is 0 Å². The van der Waals surface area contributed by atoms with Crippen molar-refractivity contribution >= 4 is 13.7 Å². The molecule has 48 heavy (non-hydrogen) atoms. The number of aliphatic hydroxyl groups is 1. The van der Waals surface area contributed by atoms with E-state index in [0.29, 0.717) is 6.42 Å². The summed E-state index contributed by atoms with van der Waals surface area (Å²) in [6, 6.07) is -0.871. The molecule has 0 aromatic heterocycles. The molecule has 0 saturated carbocycles. The summed E-state index contributed by atoms with van der Waals surface area (Å²) in [4.78, 5) is 22.6. The maximum Gasteiger partial charge on any atom is 0.472 e. The fraction of sp³-hybridized carbons (Fsp3) is 0.872. The molecule has 8 nitrogen and oxygen atoms in total. The van der Waals surface area contributed by atoms with Crippen LogP contribution in [0.15, 0.2) is 24.3 Å². The number of rotatable bonds is 37. The number of phosphoric ester groups is 1.